The highest BCUT2D eigenvalue weighted by molar-refractivity contribution is 6.05. The van der Waals surface area contributed by atoms with E-state index in [2.05, 4.69) is 5.32 Å². The lowest BCUT2D eigenvalue weighted by Gasteiger charge is -2.04. The Labute approximate surface area is 131 Å². The smallest absolute Gasteiger partial charge is 0.337 e. The third-order valence-electron chi connectivity index (χ3n) is 3.30. The zero-order valence-corrected chi connectivity index (χ0v) is 12.0. The zero-order chi connectivity index (χ0) is 16.2. The molecule has 0 unspecified atom stereocenters. The van der Waals surface area contributed by atoms with Gasteiger partial charge < -0.3 is 14.8 Å². The van der Waals surface area contributed by atoms with Gasteiger partial charge in [-0.2, -0.15) is 0 Å². The Kier molecular flexibility index (Phi) is 3.93. The Hall–Kier alpha value is -3.34. The SMILES string of the molecule is O=C(/C=C/Nc1ccccc1C(=O)O)c1cc2ccccc2o1. The number of carbonyl (C=O) groups is 2. The summed E-state index contributed by atoms with van der Waals surface area (Å²) >= 11 is 0. The van der Waals surface area contributed by atoms with Crippen molar-refractivity contribution in [2.24, 2.45) is 0 Å². The molecule has 0 bridgehead atoms. The van der Waals surface area contributed by atoms with Gasteiger partial charge in [0, 0.05) is 17.7 Å². The van der Waals surface area contributed by atoms with E-state index in [9.17, 15) is 9.59 Å². The average Bonchev–Trinajstić information content (AvgIpc) is 2.99. The Morgan fingerprint density at radius 2 is 1.78 bits per heavy atom. The van der Waals surface area contributed by atoms with Crippen LogP contribution in [0.2, 0.25) is 0 Å². The standard InChI is InChI=1S/C18H13NO4/c20-15(17-11-12-5-1-4-8-16(12)23-17)9-10-19-14-7-3-2-6-13(14)18(21)22/h1-11,19H,(H,21,22)/b10-9+. The van der Waals surface area contributed by atoms with Gasteiger partial charge >= 0.3 is 5.97 Å². The fourth-order valence-electron chi connectivity index (χ4n) is 2.19. The van der Waals surface area contributed by atoms with E-state index in [-0.39, 0.29) is 17.1 Å². The van der Waals surface area contributed by atoms with Gasteiger partial charge in [0.2, 0.25) is 5.78 Å². The molecule has 2 aromatic carbocycles. The largest absolute Gasteiger partial charge is 0.478 e. The second-order valence-electron chi connectivity index (χ2n) is 4.84. The number of nitrogens with one attached hydrogen (secondary N) is 1. The molecule has 0 amide bonds. The van der Waals surface area contributed by atoms with Gasteiger partial charge in [-0.1, -0.05) is 30.3 Å². The van der Waals surface area contributed by atoms with Crippen molar-refractivity contribution < 1.29 is 19.1 Å². The monoisotopic (exact) mass is 307 g/mol. The molecule has 0 saturated heterocycles. The summed E-state index contributed by atoms with van der Waals surface area (Å²) in [6, 6.07) is 15.5. The van der Waals surface area contributed by atoms with Gasteiger partial charge in [0.25, 0.3) is 0 Å². The number of hydrogen-bond acceptors (Lipinski definition) is 4. The molecule has 0 fully saturated rings. The van der Waals surface area contributed by atoms with Crippen LogP contribution >= 0.6 is 0 Å². The van der Waals surface area contributed by atoms with E-state index in [1.165, 1.54) is 18.3 Å². The number of carbonyl (C=O) groups excluding carboxylic acids is 1. The van der Waals surface area contributed by atoms with Crippen molar-refractivity contribution in [1.82, 2.24) is 0 Å². The molecule has 0 aliphatic heterocycles. The van der Waals surface area contributed by atoms with Crippen LogP contribution in [-0.2, 0) is 0 Å². The van der Waals surface area contributed by atoms with E-state index in [4.69, 9.17) is 9.52 Å². The molecule has 0 atom stereocenters. The highest BCUT2D eigenvalue weighted by Gasteiger charge is 2.10. The van der Waals surface area contributed by atoms with E-state index in [0.717, 1.165) is 5.39 Å². The van der Waals surface area contributed by atoms with E-state index < -0.39 is 5.97 Å². The number of fused-ring (bicyclic) bond motifs is 1. The predicted molar refractivity (Wildman–Crippen MR) is 86.7 cm³/mol. The van der Waals surface area contributed by atoms with Crippen LogP contribution in [0.5, 0.6) is 0 Å². The zero-order valence-electron chi connectivity index (χ0n) is 12.0. The normalized spacial score (nSPS) is 11.0. The molecule has 0 aliphatic carbocycles. The molecule has 114 valence electrons. The molecule has 23 heavy (non-hydrogen) atoms. The first-order valence-corrected chi connectivity index (χ1v) is 6.93. The number of aromatic carboxylic acids is 1. The summed E-state index contributed by atoms with van der Waals surface area (Å²) in [6.07, 6.45) is 2.70. The van der Waals surface area contributed by atoms with Crippen LogP contribution in [0.15, 0.2) is 71.3 Å². The van der Waals surface area contributed by atoms with E-state index in [1.807, 2.05) is 18.2 Å². The quantitative estimate of drug-likeness (QED) is 0.551. The number of carboxylic acids is 1. The van der Waals surface area contributed by atoms with Gasteiger partial charge in [0.1, 0.15) is 5.58 Å². The topological polar surface area (TPSA) is 79.5 Å². The molecule has 5 nitrogen and oxygen atoms in total. The van der Waals surface area contributed by atoms with Crippen LogP contribution in [0, 0.1) is 0 Å². The highest BCUT2D eigenvalue weighted by Crippen LogP contribution is 2.19. The van der Waals surface area contributed by atoms with Crippen LogP contribution in [0.25, 0.3) is 11.0 Å². The Morgan fingerprint density at radius 1 is 1.04 bits per heavy atom. The van der Waals surface area contributed by atoms with Crippen LogP contribution in [0.1, 0.15) is 20.9 Å². The van der Waals surface area contributed by atoms with E-state index in [1.54, 1.807) is 30.3 Å². The second-order valence-corrected chi connectivity index (χ2v) is 4.84. The first-order valence-electron chi connectivity index (χ1n) is 6.93. The summed E-state index contributed by atoms with van der Waals surface area (Å²) in [6.45, 7) is 0. The second kappa shape index (κ2) is 6.19. The number of allylic oxidation sites excluding steroid dienone is 1. The minimum absolute atomic E-state index is 0.133. The fourth-order valence-corrected chi connectivity index (χ4v) is 2.19. The predicted octanol–water partition coefficient (Wildman–Crippen LogP) is 3.94. The van der Waals surface area contributed by atoms with Gasteiger partial charge in [-0.25, -0.2) is 4.79 Å². The molecule has 0 spiro atoms. The van der Waals surface area contributed by atoms with Gasteiger partial charge in [-0.15, -0.1) is 0 Å². The lowest BCUT2D eigenvalue weighted by molar-refractivity contribution is 0.0698. The Bertz CT molecular complexity index is 875. The Morgan fingerprint density at radius 3 is 2.57 bits per heavy atom. The number of furan rings is 1. The first kappa shape index (κ1) is 14.6. The summed E-state index contributed by atoms with van der Waals surface area (Å²) in [4.78, 5) is 23.2. The van der Waals surface area contributed by atoms with Crippen molar-refractivity contribution >= 4 is 28.4 Å². The summed E-state index contributed by atoms with van der Waals surface area (Å²) in [5.41, 5.74) is 1.19. The summed E-state index contributed by atoms with van der Waals surface area (Å²) in [5.74, 6) is -1.11. The minimum atomic E-state index is -1.04. The lowest BCUT2D eigenvalue weighted by atomic mass is 10.2. The van der Waals surface area contributed by atoms with Crippen LogP contribution < -0.4 is 5.32 Å². The number of hydrogen-bond donors (Lipinski definition) is 2. The number of para-hydroxylation sites is 2. The molecule has 3 rings (SSSR count). The number of carboxylic acid groups (broad SMARTS) is 1. The van der Waals surface area contributed by atoms with Crippen LogP contribution in [0.4, 0.5) is 5.69 Å². The maximum absolute atomic E-state index is 12.1. The number of ketones is 1. The number of anilines is 1. The molecule has 0 radical (unpaired) electrons. The lowest BCUT2D eigenvalue weighted by Crippen LogP contribution is -2.02. The Balaban J connectivity index is 1.75. The van der Waals surface area contributed by atoms with Crippen LogP contribution in [0.3, 0.4) is 0 Å². The van der Waals surface area contributed by atoms with E-state index in [0.29, 0.717) is 11.3 Å². The summed E-state index contributed by atoms with van der Waals surface area (Å²) in [5, 5.41) is 12.7. The third kappa shape index (κ3) is 3.13. The van der Waals surface area contributed by atoms with Crippen molar-refractivity contribution in [3.63, 3.8) is 0 Å². The number of benzene rings is 2. The van der Waals surface area contributed by atoms with Crippen molar-refractivity contribution in [2.75, 3.05) is 5.32 Å². The fraction of sp³-hybridized carbons (Fsp3) is 0. The molecule has 2 N–H and O–H groups in total. The maximum atomic E-state index is 12.1. The molecule has 0 aliphatic rings. The van der Waals surface area contributed by atoms with E-state index >= 15 is 0 Å². The number of rotatable bonds is 5. The van der Waals surface area contributed by atoms with Gasteiger partial charge in [-0.3, -0.25) is 4.79 Å². The van der Waals surface area contributed by atoms with Gasteiger partial charge in [0.05, 0.1) is 11.3 Å². The molecule has 0 saturated carbocycles. The summed E-state index contributed by atoms with van der Waals surface area (Å²) in [7, 11) is 0. The molecule has 5 heteroatoms. The summed E-state index contributed by atoms with van der Waals surface area (Å²) < 4.78 is 5.47. The molecule has 1 heterocycles. The first-order chi connectivity index (χ1) is 11.1. The average molecular weight is 307 g/mol. The molecule has 1 aromatic heterocycles. The van der Waals surface area contributed by atoms with Crippen molar-refractivity contribution in [2.45, 2.75) is 0 Å². The highest BCUT2D eigenvalue weighted by atomic mass is 16.4. The molecule has 3 aromatic rings. The van der Waals surface area contributed by atoms with Gasteiger partial charge in [0.15, 0.2) is 5.76 Å². The third-order valence-corrected chi connectivity index (χ3v) is 3.30. The van der Waals surface area contributed by atoms with Crippen LogP contribution in [-0.4, -0.2) is 16.9 Å². The van der Waals surface area contributed by atoms with Crippen molar-refractivity contribution in [3.8, 4) is 0 Å². The maximum Gasteiger partial charge on any atom is 0.337 e. The van der Waals surface area contributed by atoms with Gasteiger partial charge in [-0.05, 0) is 24.3 Å². The minimum Gasteiger partial charge on any atom is -0.478 e. The van der Waals surface area contributed by atoms with Crippen molar-refractivity contribution in [1.29, 1.82) is 0 Å². The molecular weight excluding hydrogens is 294 g/mol. The molecular formula is C18H13NO4. The van der Waals surface area contributed by atoms with Crippen molar-refractivity contribution in [3.05, 3.63) is 78.2 Å².